The van der Waals surface area contributed by atoms with Gasteiger partial charge in [-0.15, -0.1) is 11.3 Å². The molecule has 2 saturated heterocycles. The molecule has 280 valence electrons. The lowest BCUT2D eigenvalue weighted by Crippen LogP contribution is -2.44. The average molecular weight is 773 g/mol. The van der Waals surface area contributed by atoms with Crippen LogP contribution in [-0.2, 0) is 4.74 Å². The van der Waals surface area contributed by atoms with Gasteiger partial charge in [0.15, 0.2) is 11.6 Å². The van der Waals surface area contributed by atoms with E-state index < -0.39 is 46.7 Å². The standard InChI is InChI=1S/C37H37ClF4N6O4S/c1-35(2,3)52-34(49)46-32-20(15-43)23-19(6-7-21(40)30(23)53-32)24-26(38)29-25-28(27(24)41)44-33(51-17-36-9-5-12-48(36)16-18(39)14-36)45-31(25)47(4)22(8-13-50-29)37(42)10-11-37/h6-7,18,22H,5,8-14,16-17H2,1-4H3,(H,46,49)/t18-,22+,36+/m1/s1. The van der Waals surface area contributed by atoms with Gasteiger partial charge in [-0.1, -0.05) is 17.7 Å². The predicted molar refractivity (Wildman–Crippen MR) is 194 cm³/mol. The number of benzene rings is 2. The first-order valence-electron chi connectivity index (χ1n) is 17.6. The largest absolute Gasteiger partial charge is 0.491 e. The number of anilines is 2. The van der Waals surface area contributed by atoms with Crippen molar-refractivity contribution in [1.29, 1.82) is 5.26 Å². The van der Waals surface area contributed by atoms with Crippen LogP contribution in [0.25, 0.3) is 32.1 Å². The molecule has 10 nitrogen and oxygen atoms in total. The minimum absolute atomic E-state index is 0.00208. The van der Waals surface area contributed by atoms with E-state index in [4.69, 9.17) is 30.8 Å². The molecule has 2 aromatic carbocycles. The molecule has 0 bridgehead atoms. The van der Waals surface area contributed by atoms with Crippen molar-refractivity contribution >= 4 is 60.8 Å². The summed E-state index contributed by atoms with van der Waals surface area (Å²) in [6, 6.07) is 3.62. The summed E-state index contributed by atoms with van der Waals surface area (Å²) in [6.45, 7) is 6.16. The van der Waals surface area contributed by atoms with Crippen molar-refractivity contribution in [3.05, 3.63) is 34.4 Å². The molecule has 1 N–H and O–H groups in total. The highest BCUT2D eigenvalue weighted by Gasteiger charge is 2.53. The number of thiophene rings is 1. The summed E-state index contributed by atoms with van der Waals surface area (Å²) < 4.78 is 81.0. The van der Waals surface area contributed by atoms with Gasteiger partial charge in [0.2, 0.25) is 0 Å². The van der Waals surface area contributed by atoms with Gasteiger partial charge < -0.3 is 19.1 Å². The minimum atomic E-state index is -1.49. The number of nitrogens with zero attached hydrogens (tertiary/aromatic N) is 5. The topological polar surface area (TPSA) is 113 Å². The van der Waals surface area contributed by atoms with E-state index >= 15 is 13.2 Å². The first kappa shape index (κ1) is 35.9. The molecule has 1 saturated carbocycles. The zero-order valence-electron chi connectivity index (χ0n) is 29.5. The fourth-order valence-corrected chi connectivity index (χ4v) is 9.62. The van der Waals surface area contributed by atoms with E-state index in [2.05, 4.69) is 15.2 Å². The molecule has 0 spiro atoms. The number of rotatable bonds is 6. The first-order chi connectivity index (χ1) is 25.1. The van der Waals surface area contributed by atoms with Crippen molar-refractivity contribution in [1.82, 2.24) is 14.9 Å². The van der Waals surface area contributed by atoms with Crippen LogP contribution in [0.5, 0.6) is 11.8 Å². The summed E-state index contributed by atoms with van der Waals surface area (Å²) in [5, 5.41) is 12.8. The molecule has 16 heteroatoms. The molecule has 5 heterocycles. The molecular formula is C37H37ClF4N6O4S. The molecule has 53 heavy (non-hydrogen) atoms. The van der Waals surface area contributed by atoms with Gasteiger partial charge in [-0.25, -0.2) is 22.4 Å². The molecule has 8 rings (SSSR count). The molecule has 0 unspecified atom stereocenters. The summed E-state index contributed by atoms with van der Waals surface area (Å²) in [6.07, 6.45) is 1.01. The normalized spacial score (nSPS) is 23.7. The number of fused-ring (bicyclic) bond motifs is 2. The minimum Gasteiger partial charge on any atom is -0.491 e. The van der Waals surface area contributed by atoms with Gasteiger partial charge in [-0.05, 0) is 64.6 Å². The molecular weight excluding hydrogens is 736 g/mol. The fraction of sp³-hybridized carbons (Fsp3) is 0.514. The van der Waals surface area contributed by atoms with Crippen LogP contribution in [-0.4, -0.2) is 83.3 Å². The molecule has 3 fully saturated rings. The lowest BCUT2D eigenvalue weighted by Gasteiger charge is -2.35. The average Bonchev–Trinajstić information content (AvgIpc) is 3.38. The van der Waals surface area contributed by atoms with Crippen molar-refractivity contribution in [2.75, 3.05) is 43.6 Å². The Morgan fingerprint density at radius 2 is 2.00 bits per heavy atom. The Balaban J connectivity index is 1.31. The van der Waals surface area contributed by atoms with E-state index in [0.717, 1.165) is 36.8 Å². The zero-order valence-corrected chi connectivity index (χ0v) is 31.1. The predicted octanol–water partition coefficient (Wildman–Crippen LogP) is 8.71. The highest BCUT2D eigenvalue weighted by Crippen LogP contribution is 2.53. The number of halogens is 5. The summed E-state index contributed by atoms with van der Waals surface area (Å²) in [5.74, 6) is -1.46. The third-order valence-electron chi connectivity index (χ3n) is 10.7. The van der Waals surface area contributed by atoms with E-state index in [-0.39, 0.29) is 84.9 Å². The Bertz CT molecular complexity index is 2220. The van der Waals surface area contributed by atoms with Crippen LogP contribution in [0.15, 0.2) is 12.1 Å². The monoisotopic (exact) mass is 772 g/mol. The molecule has 4 aromatic rings. The van der Waals surface area contributed by atoms with E-state index in [1.54, 1.807) is 32.7 Å². The first-order valence-corrected chi connectivity index (χ1v) is 18.8. The van der Waals surface area contributed by atoms with Gasteiger partial charge in [0.25, 0.3) is 0 Å². The smallest absolute Gasteiger partial charge is 0.412 e. The Morgan fingerprint density at radius 1 is 1.23 bits per heavy atom. The summed E-state index contributed by atoms with van der Waals surface area (Å²) in [5.41, 5.74) is -3.44. The highest BCUT2D eigenvalue weighted by atomic mass is 35.5. The Hall–Kier alpha value is -4.13. The van der Waals surface area contributed by atoms with Crippen molar-refractivity contribution < 1.29 is 36.6 Å². The van der Waals surface area contributed by atoms with Crippen LogP contribution >= 0.6 is 22.9 Å². The van der Waals surface area contributed by atoms with Crippen LogP contribution in [0, 0.1) is 23.0 Å². The van der Waals surface area contributed by atoms with E-state index in [0.29, 0.717) is 25.8 Å². The van der Waals surface area contributed by atoms with Crippen molar-refractivity contribution in [2.24, 2.45) is 0 Å². The Kier molecular flexibility index (Phi) is 8.62. The molecule has 3 aliphatic heterocycles. The van der Waals surface area contributed by atoms with Gasteiger partial charge in [0.05, 0.1) is 38.9 Å². The second-order valence-electron chi connectivity index (χ2n) is 15.4. The second kappa shape index (κ2) is 12.7. The van der Waals surface area contributed by atoms with Crippen LogP contribution in [0.4, 0.5) is 33.2 Å². The van der Waals surface area contributed by atoms with E-state index in [1.165, 1.54) is 6.07 Å². The SMILES string of the molecule is CN1c2nc(OC[C@@]34CCCN3C[C@H](F)C4)nc3c(F)c(-c4ccc(F)c5sc(NC(=O)OC(C)(C)C)c(C#N)c45)c(Cl)c(c23)OCC[C@H]1C1(F)CC1. The van der Waals surface area contributed by atoms with E-state index in [1.807, 2.05) is 6.07 Å². The maximum Gasteiger partial charge on any atom is 0.412 e. The number of amides is 1. The van der Waals surface area contributed by atoms with Crippen LogP contribution in [0.2, 0.25) is 5.02 Å². The summed E-state index contributed by atoms with van der Waals surface area (Å²) in [4.78, 5) is 25.7. The van der Waals surface area contributed by atoms with Gasteiger partial charge in [-0.3, -0.25) is 10.2 Å². The van der Waals surface area contributed by atoms with Crippen LogP contribution in [0.3, 0.4) is 0 Å². The molecule has 2 aromatic heterocycles. The molecule has 1 aliphatic carbocycles. The molecule has 1 amide bonds. The number of nitrogens with one attached hydrogen (secondary N) is 1. The zero-order chi connectivity index (χ0) is 37.6. The molecule has 0 radical (unpaired) electrons. The van der Waals surface area contributed by atoms with Crippen molar-refractivity contribution in [3.63, 3.8) is 0 Å². The maximum atomic E-state index is 17.4. The number of carbonyl (C=O) groups excluding carboxylic acids is 1. The lowest BCUT2D eigenvalue weighted by atomic mass is 9.95. The Labute approximate surface area is 312 Å². The second-order valence-corrected chi connectivity index (χ2v) is 16.8. The third kappa shape index (κ3) is 6.06. The number of hydrogen-bond acceptors (Lipinski definition) is 10. The molecule has 3 atom stereocenters. The number of aromatic nitrogens is 2. The maximum absolute atomic E-state index is 17.4. The summed E-state index contributed by atoms with van der Waals surface area (Å²) >= 11 is 7.85. The Morgan fingerprint density at radius 3 is 2.72 bits per heavy atom. The number of nitriles is 1. The number of carbonyl (C=O) groups is 1. The number of hydrogen-bond donors (Lipinski definition) is 1. The highest BCUT2D eigenvalue weighted by molar-refractivity contribution is 7.23. The fourth-order valence-electron chi connectivity index (χ4n) is 8.22. The lowest BCUT2D eigenvalue weighted by molar-refractivity contribution is 0.0636. The van der Waals surface area contributed by atoms with Crippen molar-refractivity contribution in [3.8, 4) is 29.0 Å². The van der Waals surface area contributed by atoms with E-state index in [9.17, 15) is 14.4 Å². The van der Waals surface area contributed by atoms with Gasteiger partial charge in [0.1, 0.15) is 52.3 Å². The number of ether oxygens (including phenoxy) is 3. The quantitative estimate of drug-likeness (QED) is 0.192. The third-order valence-corrected chi connectivity index (χ3v) is 12.2. The molecule has 4 aliphatic rings. The summed E-state index contributed by atoms with van der Waals surface area (Å²) in [7, 11) is 1.68. The van der Waals surface area contributed by atoms with Gasteiger partial charge in [-0.2, -0.15) is 15.2 Å². The van der Waals surface area contributed by atoms with Gasteiger partial charge >= 0.3 is 12.1 Å². The van der Waals surface area contributed by atoms with Crippen LogP contribution < -0.4 is 19.7 Å². The van der Waals surface area contributed by atoms with Crippen LogP contribution in [0.1, 0.15) is 64.9 Å². The number of alkyl halides is 2. The van der Waals surface area contributed by atoms with Crippen molar-refractivity contribution in [2.45, 2.75) is 88.3 Å². The van der Waals surface area contributed by atoms with Gasteiger partial charge in [0, 0.05) is 37.4 Å².